The van der Waals surface area contributed by atoms with Crippen molar-refractivity contribution in [3.05, 3.63) is 47.8 Å². The maximum atomic E-state index is 11.5. The van der Waals surface area contributed by atoms with Gasteiger partial charge in [-0.15, -0.1) is 0 Å². The molecule has 0 spiro atoms. The monoisotopic (exact) mass is 314 g/mol. The van der Waals surface area contributed by atoms with E-state index in [1.165, 1.54) is 12.7 Å². The average molecular weight is 314 g/mol. The Morgan fingerprint density at radius 1 is 1.26 bits per heavy atom. The SMILES string of the molecule is COC(=O)c1cc(N(C)CCc2ccc3c(c2)OCO3)ccn1. The molecule has 23 heavy (non-hydrogen) atoms. The Morgan fingerprint density at radius 2 is 2.09 bits per heavy atom. The molecule has 120 valence electrons. The lowest BCUT2D eigenvalue weighted by molar-refractivity contribution is 0.0594. The van der Waals surface area contributed by atoms with E-state index in [1.54, 1.807) is 12.3 Å². The highest BCUT2D eigenvalue weighted by Gasteiger charge is 2.14. The molecule has 0 aliphatic carbocycles. The van der Waals surface area contributed by atoms with E-state index in [-0.39, 0.29) is 6.79 Å². The number of rotatable bonds is 5. The summed E-state index contributed by atoms with van der Waals surface area (Å²) < 4.78 is 15.4. The molecule has 3 rings (SSSR count). The summed E-state index contributed by atoms with van der Waals surface area (Å²) in [5, 5.41) is 0. The van der Waals surface area contributed by atoms with Gasteiger partial charge in [-0.3, -0.25) is 0 Å². The second-order valence-electron chi connectivity index (χ2n) is 5.25. The molecule has 2 aromatic rings. The van der Waals surface area contributed by atoms with Crippen LogP contribution in [0.5, 0.6) is 11.5 Å². The number of carbonyl (C=O) groups is 1. The Hall–Kier alpha value is -2.76. The molecule has 0 amide bonds. The van der Waals surface area contributed by atoms with Crippen LogP contribution in [0.3, 0.4) is 0 Å². The third-order valence-corrected chi connectivity index (χ3v) is 3.75. The van der Waals surface area contributed by atoms with Crippen LogP contribution in [-0.2, 0) is 11.2 Å². The third kappa shape index (κ3) is 3.36. The summed E-state index contributed by atoms with van der Waals surface area (Å²) in [5.74, 6) is 1.15. The molecule has 1 aliphatic rings. The van der Waals surface area contributed by atoms with Gasteiger partial charge in [0.25, 0.3) is 0 Å². The summed E-state index contributed by atoms with van der Waals surface area (Å²) in [6, 6.07) is 9.56. The molecule has 0 unspecified atom stereocenters. The summed E-state index contributed by atoms with van der Waals surface area (Å²) >= 11 is 0. The van der Waals surface area contributed by atoms with Gasteiger partial charge in [0, 0.05) is 25.5 Å². The normalized spacial score (nSPS) is 12.1. The first kappa shape index (κ1) is 15.1. The number of anilines is 1. The van der Waals surface area contributed by atoms with Gasteiger partial charge in [0.1, 0.15) is 5.69 Å². The number of hydrogen-bond donors (Lipinski definition) is 0. The second kappa shape index (κ2) is 6.56. The van der Waals surface area contributed by atoms with E-state index in [0.717, 1.165) is 30.2 Å². The van der Waals surface area contributed by atoms with Gasteiger partial charge in [0.15, 0.2) is 11.5 Å². The van der Waals surface area contributed by atoms with Gasteiger partial charge in [-0.1, -0.05) is 6.07 Å². The van der Waals surface area contributed by atoms with E-state index in [9.17, 15) is 4.79 Å². The molecule has 1 aromatic carbocycles. The van der Waals surface area contributed by atoms with Crippen LogP contribution in [-0.4, -0.2) is 38.4 Å². The van der Waals surface area contributed by atoms with Crippen LogP contribution in [0.4, 0.5) is 5.69 Å². The van der Waals surface area contributed by atoms with Crippen LogP contribution >= 0.6 is 0 Å². The first-order valence-electron chi connectivity index (χ1n) is 7.31. The molecule has 2 heterocycles. The molecule has 6 heteroatoms. The highest BCUT2D eigenvalue weighted by molar-refractivity contribution is 5.88. The van der Waals surface area contributed by atoms with E-state index < -0.39 is 5.97 Å². The molecule has 0 N–H and O–H groups in total. The van der Waals surface area contributed by atoms with E-state index in [1.807, 2.05) is 31.3 Å². The van der Waals surface area contributed by atoms with Crippen LogP contribution in [0.15, 0.2) is 36.5 Å². The minimum absolute atomic E-state index is 0.284. The molecular weight excluding hydrogens is 296 g/mol. The van der Waals surface area contributed by atoms with Gasteiger partial charge in [-0.25, -0.2) is 9.78 Å². The molecule has 6 nitrogen and oxygen atoms in total. The summed E-state index contributed by atoms with van der Waals surface area (Å²) in [6.07, 6.45) is 2.46. The van der Waals surface area contributed by atoms with Crippen LogP contribution in [0.2, 0.25) is 0 Å². The van der Waals surface area contributed by atoms with Gasteiger partial charge < -0.3 is 19.1 Å². The molecule has 0 bridgehead atoms. The number of nitrogens with zero attached hydrogens (tertiary/aromatic N) is 2. The summed E-state index contributed by atoms with van der Waals surface area (Å²) in [5.41, 5.74) is 2.39. The fraction of sp³-hybridized carbons (Fsp3) is 0.294. The highest BCUT2D eigenvalue weighted by atomic mass is 16.7. The number of benzene rings is 1. The minimum atomic E-state index is -0.434. The molecule has 1 aromatic heterocycles. The lowest BCUT2D eigenvalue weighted by Crippen LogP contribution is -2.21. The van der Waals surface area contributed by atoms with Crippen molar-refractivity contribution in [2.24, 2.45) is 0 Å². The van der Waals surface area contributed by atoms with Crippen LogP contribution in [0.25, 0.3) is 0 Å². The third-order valence-electron chi connectivity index (χ3n) is 3.75. The van der Waals surface area contributed by atoms with Crippen molar-refractivity contribution in [3.8, 4) is 11.5 Å². The molecule has 0 saturated heterocycles. The Balaban J connectivity index is 1.65. The van der Waals surface area contributed by atoms with Gasteiger partial charge in [-0.05, 0) is 36.2 Å². The Kier molecular flexibility index (Phi) is 4.32. The van der Waals surface area contributed by atoms with Crippen molar-refractivity contribution in [2.75, 3.05) is 32.4 Å². The molecule has 0 saturated carbocycles. The van der Waals surface area contributed by atoms with Crippen LogP contribution in [0, 0.1) is 0 Å². The standard InChI is InChI=1S/C17H18N2O4/c1-19(13-5-7-18-14(10-13)17(20)21-2)8-6-12-3-4-15-16(9-12)23-11-22-15/h3-5,7,9-10H,6,8,11H2,1-2H3. The van der Waals surface area contributed by atoms with E-state index in [2.05, 4.69) is 9.88 Å². The first-order valence-corrected chi connectivity index (χ1v) is 7.31. The first-order chi connectivity index (χ1) is 11.2. The number of esters is 1. The zero-order chi connectivity index (χ0) is 16.2. The topological polar surface area (TPSA) is 60.9 Å². The maximum Gasteiger partial charge on any atom is 0.356 e. The molecule has 0 radical (unpaired) electrons. The number of fused-ring (bicyclic) bond motifs is 1. The maximum absolute atomic E-state index is 11.5. The van der Waals surface area contributed by atoms with E-state index >= 15 is 0 Å². The number of likely N-dealkylation sites (N-methyl/N-ethyl adjacent to an activating group) is 1. The lowest BCUT2D eigenvalue weighted by Gasteiger charge is -2.19. The van der Waals surface area contributed by atoms with Crippen molar-refractivity contribution < 1.29 is 19.0 Å². The fourth-order valence-corrected chi connectivity index (χ4v) is 2.40. The predicted octanol–water partition coefficient (Wildman–Crippen LogP) is 2.28. The fourth-order valence-electron chi connectivity index (χ4n) is 2.40. The summed E-state index contributed by atoms with van der Waals surface area (Å²) in [4.78, 5) is 17.6. The smallest absolute Gasteiger partial charge is 0.356 e. The minimum Gasteiger partial charge on any atom is -0.464 e. The Bertz CT molecular complexity index is 717. The molecular formula is C17H18N2O4. The molecule has 0 atom stereocenters. The number of carbonyl (C=O) groups excluding carboxylic acids is 1. The summed E-state index contributed by atoms with van der Waals surface area (Å²) in [7, 11) is 3.32. The van der Waals surface area contributed by atoms with Crippen LogP contribution < -0.4 is 14.4 Å². The van der Waals surface area contributed by atoms with E-state index in [4.69, 9.17) is 14.2 Å². The highest BCUT2D eigenvalue weighted by Crippen LogP contribution is 2.32. The Labute approximate surface area is 134 Å². The average Bonchev–Trinajstić information content (AvgIpc) is 3.06. The van der Waals surface area contributed by atoms with Gasteiger partial charge in [-0.2, -0.15) is 0 Å². The van der Waals surface area contributed by atoms with Gasteiger partial charge >= 0.3 is 5.97 Å². The zero-order valence-corrected chi connectivity index (χ0v) is 13.1. The predicted molar refractivity (Wildman–Crippen MR) is 85.1 cm³/mol. The van der Waals surface area contributed by atoms with Crippen molar-refractivity contribution in [2.45, 2.75) is 6.42 Å². The zero-order valence-electron chi connectivity index (χ0n) is 13.1. The molecule has 0 fully saturated rings. The van der Waals surface area contributed by atoms with Crippen molar-refractivity contribution in [1.82, 2.24) is 4.98 Å². The summed E-state index contributed by atoms with van der Waals surface area (Å²) in [6.45, 7) is 1.08. The Morgan fingerprint density at radius 3 is 2.91 bits per heavy atom. The van der Waals surface area contributed by atoms with Crippen molar-refractivity contribution in [3.63, 3.8) is 0 Å². The van der Waals surface area contributed by atoms with E-state index in [0.29, 0.717) is 5.69 Å². The largest absolute Gasteiger partial charge is 0.464 e. The lowest BCUT2D eigenvalue weighted by atomic mass is 10.1. The van der Waals surface area contributed by atoms with Crippen molar-refractivity contribution >= 4 is 11.7 Å². The van der Waals surface area contributed by atoms with Gasteiger partial charge in [0.05, 0.1) is 7.11 Å². The molecule has 1 aliphatic heterocycles. The van der Waals surface area contributed by atoms with Crippen molar-refractivity contribution in [1.29, 1.82) is 0 Å². The quantitative estimate of drug-likeness (QED) is 0.789. The second-order valence-corrected chi connectivity index (χ2v) is 5.25. The van der Waals surface area contributed by atoms with Gasteiger partial charge in [0.2, 0.25) is 6.79 Å². The number of methoxy groups -OCH3 is 1. The number of pyridine rings is 1. The number of ether oxygens (including phenoxy) is 3. The number of aromatic nitrogens is 1. The number of hydrogen-bond acceptors (Lipinski definition) is 6. The van der Waals surface area contributed by atoms with Crippen LogP contribution in [0.1, 0.15) is 16.1 Å².